The van der Waals surface area contributed by atoms with E-state index in [1.165, 1.54) is 25.1 Å². The lowest BCUT2D eigenvalue weighted by atomic mass is 10.2. The van der Waals surface area contributed by atoms with Crippen LogP contribution in [-0.2, 0) is 11.3 Å². The molecule has 2 rings (SSSR count). The van der Waals surface area contributed by atoms with Crippen molar-refractivity contribution in [3.8, 4) is 11.5 Å². The number of nitrogens with zero attached hydrogens (tertiary/aromatic N) is 2. The summed E-state index contributed by atoms with van der Waals surface area (Å²) in [5, 5.41) is 3.19. The van der Waals surface area contributed by atoms with Gasteiger partial charge < -0.3 is 14.8 Å². The van der Waals surface area contributed by atoms with E-state index in [2.05, 4.69) is 10.3 Å². The Bertz CT molecular complexity index is 755. The Morgan fingerprint density at radius 2 is 1.96 bits per heavy atom. The minimum absolute atomic E-state index is 0.0132. The van der Waals surface area contributed by atoms with E-state index in [1.807, 2.05) is 6.92 Å². The summed E-state index contributed by atoms with van der Waals surface area (Å²) in [5.74, 6) is 1.00. The third-order valence-corrected chi connectivity index (χ3v) is 3.51. The van der Waals surface area contributed by atoms with Crippen molar-refractivity contribution < 1.29 is 14.3 Å². The van der Waals surface area contributed by atoms with Gasteiger partial charge >= 0.3 is 0 Å². The molecule has 0 saturated carbocycles. The van der Waals surface area contributed by atoms with Crippen LogP contribution in [0.3, 0.4) is 0 Å². The summed E-state index contributed by atoms with van der Waals surface area (Å²) in [6, 6.07) is 3.30. The van der Waals surface area contributed by atoms with Gasteiger partial charge in [-0.15, -0.1) is 0 Å². The molecule has 1 N–H and O–H groups in total. The largest absolute Gasteiger partial charge is 0.493 e. The monoisotopic (exact) mass is 319 g/mol. The predicted molar refractivity (Wildman–Crippen MR) is 87.0 cm³/mol. The highest BCUT2D eigenvalue weighted by atomic mass is 16.5. The van der Waals surface area contributed by atoms with Crippen molar-refractivity contribution in [1.29, 1.82) is 0 Å². The second kappa shape index (κ2) is 7.62. The number of carbonyl (C=O) groups excluding carboxylic acids is 1. The number of aryl methyl sites for hydroxylation is 1. The maximum absolute atomic E-state index is 12.5. The number of carbonyl (C=O) groups is 1. The summed E-state index contributed by atoms with van der Waals surface area (Å²) in [6.07, 6.45) is 2.45. The van der Waals surface area contributed by atoms with Crippen LogP contribution < -0.4 is 20.3 Å². The summed E-state index contributed by atoms with van der Waals surface area (Å²) >= 11 is 0. The van der Waals surface area contributed by atoms with Gasteiger partial charge in [0.2, 0.25) is 5.91 Å². The first-order chi connectivity index (χ1) is 11.1. The Morgan fingerprint density at radius 3 is 2.61 bits per heavy atom. The molecule has 7 heteroatoms. The number of hydrogen-bond acceptors (Lipinski definition) is 5. The van der Waals surface area contributed by atoms with Crippen LogP contribution in [0.1, 0.15) is 19.8 Å². The van der Waals surface area contributed by atoms with Crippen LogP contribution in [0.15, 0.2) is 23.3 Å². The van der Waals surface area contributed by atoms with Crippen molar-refractivity contribution in [2.24, 2.45) is 0 Å². The lowest BCUT2D eigenvalue weighted by Gasteiger charge is -2.10. The molecule has 0 aliphatic rings. The van der Waals surface area contributed by atoms with Crippen molar-refractivity contribution >= 4 is 16.8 Å². The Kier molecular flexibility index (Phi) is 5.56. The molecule has 0 fully saturated rings. The van der Waals surface area contributed by atoms with Crippen molar-refractivity contribution in [1.82, 2.24) is 14.9 Å². The normalized spacial score (nSPS) is 10.6. The highest BCUT2D eigenvalue weighted by Gasteiger charge is 2.11. The maximum Gasteiger partial charge on any atom is 0.261 e. The van der Waals surface area contributed by atoms with E-state index in [1.54, 1.807) is 12.1 Å². The first kappa shape index (κ1) is 16.8. The summed E-state index contributed by atoms with van der Waals surface area (Å²) in [6.45, 7) is 2.92. The Hall–Kier alpha value is -2.57. The van der Waals surface area contributed by atoms with Crippen LogP contribution in [0, 0.1) is 0 Å². The third kappa shape index (κ3) is 3.80. The highest BCUT2D eigenvalue weighted by Crippen LogP contribution is 2.29. The van der Waals surface area contributed by atoms with Gasteiger partial charge in [0, 0.05) is 25.6 Å². The molecule has 0 unspecified atom stereocenters. The van der Waals surface area contributed by atoms with E-state index in [0.717, 1.165) is 0 Å². The third-order valence-electron chi connectivity index (χ3n) is 3.51. The zero-order valence-electron chi connectivity index (χ0n) is 13.6. The van der Waals surface area contributed by atoms with Crippen LogP contribution in [0.25, 0.3) is 10.9 Å². The predicted octanol–water partition coefficient (Wildman–Crippen LogP) is 1.33. The number of methoxy groups -OCH3 is 2. The molecule has 0 atom stereocenters. The van der Waals surface area contributed by atoms with E-state index in [9.17, 15) is 9.59 Å². The number of ether oxygens (including phenoxy) is 2. The number of benzene rings is 1. The summed E-state index contributed by atoms with van der Waals surface area (Å²) < 4.78 is 11.9. The first-order valence-electron chi connectivity index (χ1n) is 7.48. The van der Waals surface area contributed by atoms with E-state index in [0.29, 0.717) is 48.3 Å². The molecule has 0 bridgehead atoms. The van der Waals surface area contributed by atoms with Crippen LogP contribution in [-0.4, -0.2) is 36.2 Å². The molecule has 0 aliphatic heterocycles. The average Bonchev–Trinajstić information content (AvgIpc) is 2.56. The molecule has 1 heterocycles. The van der Waals surface area contributed by atoms with Gasteiger partial charge in [0.05, 0.1) is 31.4 Å². The van der Waals surface area contributed by atoms with Crippen molar-refractivity contribution in [2.45, 2.75) is 26.3 Å². The fraction of sp³-hybridized carbons (Fsp3) is 0.438. The zero-order valence-corrected chi connectivity index (χ0v) is 13.6. The van der Waals surface area contributed by atoms with Crippen molar-refractivity contribution in [3.05, 3.63) is 28.8 Å². The summed E-state index contributed by atoms with van der Waals surface area (Å²) in [7, 11) is 3.05. The van der Waals surface area contributed by atoms with Crippen LogP contribution in [0.4, 0.5) is 0 Å². The molecule has 1 amide bonds. The number of aromatic nitrogens is 2. The standard InChI is InChI=1S/C16H21N3O4/c1-4-17-15(20)6-5-7-19-10-18-12-9-14(23-3)13(22-2)8-11(12)16(19)21/h8-10H,4-7H2,1-3H3,(H,17,20). The van der Waals surface area contributed by atoms with E-state index in [4.69, 9.17) is 9.47 Å². The minimum atomic E-state index is -0.160. The molecule has 0 aliphatic carbocycles. The van der Waals surface area contributed by atoms with Crippen LogP contribution in [0.2, 0.25) is 0 Å². The van der Waals surface area contributed by atoms with Gasteiger partial charge in [-0.25, -0.2) is 4.98 Å². The fourth-order valence-electron chi connectivity index (χ4n) is 2.34. The quantitative estimate of drug-likeness (QED) is 0.832. The average molecular weight is 319 g/mol. The number of rotatable bonds is 7. The molecule has 1 aromatic heterocycles. The van der Waals surface area contributed by atoms with Crippen LogP contribution in [0.5, 0.6) is 11.5 Å². The van der Waals surface area contributed by atoms with Gasteiger partial charge in [0.1, 0.15) is 0 Å². The van der Waals surface area contributed by atoms with E-state index < -0.39 is 0 Å². The fourth-order valence-corrected chi connectivity index (χ4v) is 2.34. The summed E-state index contributed by atoms with van der Waals surface area (Å²) in [5.41, 5.74) is 0.388. The van der Waals surface area contributed by atoms with Gasteiger partial charge in [-0.2, -0.15) is 0 Å². The molecule has 23 heavy (non-hydrogen) atoms. The molecule has 7 nitrogen and oxygen atoms in total. The number of nitrogens with one attached hydrogen (secondary N) is 1. The first-order valence-corrected chi connectivity index (χ1v) is 7.48. The SMILES string of the molecule is CCNC(=O)CCCn1cnc2cc(OC)c(OC)cc2c1=O. The second-order valence-electron chi connectivity index (χ2n) is 5.02. The number of hydrogen-bond donors (Lipinski definition) is 1. The number of amides is 1. The molecule has 1 aromatic carbocycles. The van der Waals surface area contributed by atoms with Gasteiger partial charge in [0.25, 0.3) is 5.56 Å². The van der Waals surface area contributed by atoms with Gasteiger partial charge in [0.15, 0.2) is 11.5 Å². The Morgan fingerprint density at radius 1 is 1.26 bits per heavy atom. The smallest absolute Gasteiger partial charge is 0.261 e. The Balaban J connectivity index is 2.24. The maximum atomic E-state index is 12.5. The van der Waals surface area contributed by atoms with E-state index >= 15 is 0 Å². The molecule has 2 aromatic rings. The molecule has 0 spiro atoms. The molecular weight excluding hydrogens is 298 g/mol. The zero-order chi connectivity index (χ0) is 16.8. The minimum Gasteiger partial charge on any atom is -0.493 e. The van der Waals surface area contributed by atoms with Gasteiger partial charge in [-0.3, -0.25) is 14.2 Å². The topological polar surface area (TPSA) is 82.5 Å². The highest BCUT2D eigenvalue weighted by molar-refractivity contribution is 5.81. The molecule has 0 radical (unpaired) electrons. The van der Waals surface area contributed by atoms with E-state index in [-0.39, 0.29) is 11.5 Å². The summed E-state index contributed by atoms with van der Waals surface area (Å²) in [4.78, 5) is 28.3. The van der Waals surface area contributed by atoms with Crippen LogP contribution >= 0.6 is 0 Å². The molecule has 124 valence electrons. The van der Waals surface area contributed by atoms with Gasteiger partial charge in [-0.1, -0.05) is 0 Å². The number of fused-ring (bicyclic) bond motifs is 1. The molecular formula is C16H21N3O4. The molecule has 0 saturated heterocycles. The second-order valence-corrected chi connectivity index (χ2v) is 5.02. The van der Waals surface area contributed by atoms with Crippen molar-refractivity contribution in [2.75, 3.05) is 20.8 Å². The lowest BCUT2D eigenvalue weighted by Crippen LogP contribution is -2.24. The lowest BCUT2D eigenvalue weighted by molar-refractivity contribution is -0.121. The Labute approximate surface area is 134 Å². The van der Waals surface area contributed by atoms with Gasteiger partial charge in [-0.05, 0) is 19.4 Å². The van der Waals surface area contributed by atoms with Crippen molar-refractivity contribution in [3.63, 3.8) is 0 Å².